The lowest BCUT2D eigenvalue weighted by Crippen LogP contribution is -2.24. The first-order valence-corrected chi connectivity index (χ1v) is 7.37. The Labute approximate surface area is 142 Å². The van der Waals surface area contributed by atoms with E-state index in [1.54, 1.807) is 6.92 Å². The molecule has 0 saturated carbocycles. The van der Waals surface area contributed by atoms with Gasteiger partial charge >= 0.3 is 0 Å². The fourth-order valence-corrected chi connectivity index (χ4v) is 2.70. The molecule has 0 heterocycles. The van der Waals surface area contributed by atoms with Gasteiger partial charge in [-0.1, -0.05) is 0 Å². The van der Waals surface area contributed by atoms with Crippen molar-refractivity contribution in [1.82, 2.24) is 0 Å². The number of phenolic OH excluding ortho intramolecular Hbond substituents is 2. The van der Waals surface area contributed by atoms with Crippen LogP contribution in [0.3, 0.4) is 0 Å². The van der Waals surface area contributed by atoms with Gasteiger partial charge in [0.2, 0.25) is 11.6 Å². The Morgan fingerprint density at radius 1 is 0.958 bits per heavy atom. The van der Waals surface area contributed by atoms with Crippen molar-refractivity contribution in [2.45, 2.75) is 11.8 Å². The maximum atomic E-state index is 12.6. The quantitative estimate of drug-likeness (QED) is 0.204. The van der Waals surface area contributed by atoms with Crippen LogP contribution in [0.25, 0.3) is 0 Å². The number of carbonyl (C=O) groups is 2. The molecular weight excluding hydrogens is 332 g/mol. The third-order valence-corrected chi connectivity index (χ3v) is 3.82. The van der Waals surface area contributed by atoms with Crippen molar-refractivity contribution in [3.8, 4) is 11.5 Å². The molecule has 0 unspecified atom stereocenters. The van der Waals surface area contributed by atoms with E-state index < -0.39 is 17.3 Å². The van der Waals surface area contributed by atoms with Crippen molar-refractivity contribution in [2.75, 3.05) is 18.1 Å². The van der Waals surface area contributed by atoms with Gasteiger partial charge < -0.3 is 26.8 Å². The molecule has 2 aromatic carbocycles. The number of aliphatic hydroxyl groups excluding tert-OH is 1. The van der Waals surface area contributed by atoms with E-state index in [-0.39, 0.29) is 50.9 Å². The summed E-state index contributed by atoms with van der Waals surface area (Å²) >= 11 is 4.05. The van der Waals surface area contributed by atoms with E-state index in [1.807, 2.05) is 0 Å². The largest absolute Gasteiger partial charge is 0.507 e. The molecule has 0 saturated heterocycles. The highest BCUT2D eigenvalue weighted by Gasteiger charge is 2.37. The number of hydrogen-bond donors (Lipinski definition) is 6. The van der Waals surface area contributed by atoms with Crippen LogP contribution >= 0.6 is 12.6 Å². The summed E-state index contributed by atoms with van der Waals surface area (Å²) in [7, 11) is 0. The van der Waals surface area contributed by atoms with E-state index in [9.17, 15) is 19.8 Å². The summed E-state index contributed by atoms with van der Waals surface area (Å²) in [6.45, 7) is 1.93. The van der Waals surface area contributed by atoms with Gasteiger partial charge in [-0.05, 0) is 25.1 Å². The number of aliphatic hydroxyl groups is 1. The number of nitrogen functional groups attached to an aromatic ring is 2. The zero-order valence-electron chi connectivity index (χ0n) is 12.7. The molecule has 0 aliphatic heterocycles. The minimum atomic E-state index is -0.673. The van der Waals surface area contributed by atoms with Crippen LogP contribution in [0, 0.1) is 0 Å². The Hall–Kier alpha value is -2.71. The molecule has 1 aliphatic carbocycles. The standard InChI is InChI=1S/C14H10N2O4S.C2H6O/c15-4-1-2-5(17)9-8(4)13(19)10-6(18)3-7(21)12(16)11(10)14(9)20;1-2-3/h1-3,17-18,21H,15-16H2;3H,2H2,1H3. The van der Waals surface area contributed by atoms with Gasteiger partial charge in [-0.25, -0.2) is 0 Å². The molecule has 0 fully saturated rings. The van der Waals surface area contributed by atoms with Crippen LogP contribution in [0.4, 0.5) is 11.4 Å². The summed E-state index contributed by atoms with van der Waals surface area (Å²) < 4.78 is 0. The van der Waals surface area contributed by atoms with E-state index in [0.717, 1.165) is 0 Å². The SMILES string of the molecule is CCO.Nc1ccc(O)c2c1C(=O)c1c(O)cc(S)c(N)c1C2=O. The highest BCUT2D eigenvalue weighted by molar-refractivity contribution is 7.80. The first kappa shape index (κ1) is 17.6. The maximum absolute atomic E-state index is 12.6. The van der Waals surface area contributed by atoms with Crippen molar-refractivity contribution < 1.29 is 24.9 Å². The number of rotatable bonds is 0. The number of ketones is 2. The lowest BCUT2D eigenvalue weighted by molar-refractivity contribution is 0.0975. The Morgan fingerprint density at radius 3 is 2.04 bits per heavy atom. The predicted molar refractivity (Wildman–Crippen MR) is 91.9 cm³/mol. The smallest absolute Gasteiger partial charge is 0.200 e. The third kappa shape index (κ3) is 2.55. The summed E-state index contributed by atoms with van der Waals surface area (Å²) in [6, 6.07) is 3.73. The monoisotopic (exact) mass is 348 g/mol. The van der Waals surface area contributed by atoms with Crippen LogP contribution in [0.15, 0.2) is 23.1 Å². The molecule has 7 N–H and O–H groups in total. The Bertz CT molecular complexity index is 864. The van der Waals surface area contributed by atoms with Crippen LogP contribution < -0.4 is 11.5 Å². The number of phenols is 2. The summed E-state index contributed by atoms with van der Waals surface area (Å²) in [4.78, 5) is 25.3. The molecular formula is C16H16N2O5S. The highest BCUT2D eigenvalue weighted by atomic mass is 32.1. The first-order valence-electron chi connectivity index (χ1n) is 6.92. The predicted octanol–water partition coefficient (Wildman–Crippen LogP) is 1.32. The van der Waals surface area contributed by atoms with Crippen molar-refractivity contribution in [2.24, 2.45) is 0 Å². The van der Waals surface area contributed by atoms with Crippen LogP contribution in [0.2, 0.25) is 0 Å². The average Bonchev–Trinajstić information content (AvgIpc) is 2.51. The normalized spacial score (nSPS) is 12.1. The summed E-state index contributed by atoms with van der Waals surface area (Å²) in [5.41, 5.74) is 10.8. The number of anilines is 2. The number of aromatic hydroxyl groups is 2. The van der Waals surface area contributed by atoms with Gasteiger partial charge in [-0.2, -0.15) is 0 Å². The molecule has 0 radical (unpaired) electrons. The molecule has 2 aromatic rings. The molecule has 1 aliphatic rings. The van der Waals surface area contributed by atoms with Crippen LogP contribution in [-0.2, 0) is 0 Å². The van der Waals surface area contributed by atoms with Gasteiger partial charge in [0.05, 0.1) is 27.9 Å². The number of hydrogen-bond acceptors (Lipinski definition) is 8. The van der Waals surface area contributed by atoms with Crippen molar-refractivity contribution in [3.63, 3.8) is 0 Å². The number of nitrogens with two attached hydrogens (primary N) is 2. The van der Waals surface area contributed by atoms with E-state index in [4.69, 9.17) is 16.6 Å². The van der Waals surface area contributed by atoms with Crippen molar-refractivity contribution in [3.05, 3.63) is 40.5 Å². The molecule has 24 heavy (non-hydrogen) atoms. The second kappa shape index (κ2) is 6.42. The zero-order valence-corrected chi connectivity index (χ0v) is 13.6. The van der Waals surface area contributed by atoms with E-state index >= 15 is 0 Å². The highest BCUT2D eigenvalue weighted by Crippen LogP contribution is 2.42. The van der Waals surface area contributed by atoms with E-state index in [2.05, 4.69) is 12.6 Å². The second-order valence-corrected chi connectivity index (χ2v) is 5.46. The average molecular weight is 348 g/mol. The Balaban J connectivity index is 0.000000647. The molecule has 3 rings (SSSR count). The number of fused-ring (bicyclic) bond motifs is 2. The van der Waals surface area contributed by atoms with Gasteiger partial charge in [0, 0.05) is 17.2 Å². The minimum absolute atomic E-state index is 0.0306. The van der Waals surface area contributed by atoms with Gasteiger partial charge in [-0.3, -0.25) is 9.59 Å². The number of carbonyl (C=O) groups excluding carboxylic acids is 2. The molecule has 0 amide bonds. The third-order valence-electron chi connectivity index (χ3n) is 3.45. The van der Waals surface area contributed by atoms with Crippen LogP contribution in [0.1, 0.15) is 38.8 Å². The van der Waals surface area contributed by atoms with Crippen molar-refractivity contribution in [1.29, 1.82) is 0 Å². The van der Waals surface area contributed by atoms with Crippen LogP contribution in [-0.4, -0.2) is 33.5 Å². The fourth-order valence-electron chi connectivity index (χ4n) is 2.47. The molecule has 8 heteroatoms. The minimum Gasteiger partial charge on any atom is -0.507 e. The second-order valence-electron chi connectivity index (χ2n) is 4.98. The fraction of sp³-hybridized carbons (Fsp3) is 0.125. The molecule has 126 valence electrons. The molecule has 0 aromatic heterocycles. The summed E-state index contributed by atoms with van der Waals surface area (Å²) in [5, 5.41) is 27.4. The van der Waals surface area contributed by atoms with Gasteiger partial charge in [0.15, 0.2) is 0 Å². The number of benzene rings is 2. The maximum Gasteiger partial charge on any atom is 0.200 e. The molecule has 0 spiro atoms. The van der Waals surface area contributed by atoms with Gasteiger partial charge in [0.1, 0.15) is 11.5 Å². The molecule has 0 atom stereocenters. The van der Waals surface area contributed by atoms with E-state index in [1.165, 1.54) is 18.2 Å². The topological polar surface area (TPSA) is 147 Å². The zero-order chi connectivity index (χ0) is 18.2. The lowest BCUT2D eigenvalue weighted by atomic mass is 9.81. The Kier molecular flexibility index (Phi) is 4.72. The van der Waals surface area contributed by atoms with Gasteiger partial charge in [0.25, 0.3) is 0 Å². The summed E-state index contributed by atoms with van der Waals surface area (Å²) in [5.74, 6) is -2.11. The first-order chi connectivity index (χ1) is 11.3. The molecule has 7 nitrogen and oxygen atoms in total. The molecule has 0 bridgehead atoms. The summed E-state index contributed by atoms with van der Waals surface area (Å²) in [6.07, 6.45) is 0. The Morgan fingerprint density at radius 2 is 1.46 bits per heavy atom. The lowest BCUT2D eigenvalue weighted by Gasteiger charge is -2.22. The van der Waals surface area contributed by atoms with Gasteiger partial charge in [-0.15, -0.1) is 12.6 Å². The van der Waals surface area contributed by atoms with E-state index in [0.29, 0.717) is 0 Å². The van der Waals surface area contributed by atoms with Crippen LogP contribution in [0.5, 0.6) is 11.5 Å². The number of thiol groups is 1. The van der Waals surface area contributed by atoms with Crippen molar-refractivity contribution >= 4 is 35.6 Å².